The van der Waals surface area contributed by atoms with Gasteiger partial charge in [0, 0.05) is 12.1 Å². The van der Waals surface area contributed by atoms with E-state index in [4.69, 9.17) is 11.5 Å². The van der Waals surface area contributed by atoms with Gasteiger partial charge < -0.3 is 21.7 Å². The van der Waals surface area contributed by atoms with Crippen LogP contribution in [-0.4, -0.2) is 45.1 Å². The summed E-state index contributed by atoms with van der Waals surface area (Å²) in [5.41, 5.74) is 11.2. The van der Waals surface area contributed by atoms with Gasteiger partial charge in [-0.15, -0.1) is 0 Å². The highest BCUT2D eigenvalue weighted by molar-refractivity contribution is 7.09. The Morgan fingerprint density at radius 2 is 1.71 bits per heavy atom. The summed E-state index contributed by atoms with van der Waals surface area (Å²) in [6.07, 6.45) is 9.19. The van der Waals surface area contributed by atoms with Gasteiger partial charge in [-0.2, -0.15) is 4.37 Å². The Hall–Kier alpha value is -2.16. The minimum atomic E-state index is -0.761. The van der Waals surface area contributed by atoms with Crippen molar-refractivity contribution in [3.8, 4) is 0 Å². The molecule has 8 nitrogen and oxygen atoms in total. The molecule has 9 heteroatoms. The molecule has 5 N–H and O–H groups in total. The first-order valence-electron chi connectivity index (χ1n) is 10.1. The summed E-state index contributed by atoms with van der Waals surface area (Å²) in [7, 11) is 0. The molecule has 0 bridgehead atoms. The standard InChI is InChI=1S/C19H29N5O3S/c1-11(18(26)22-12-7-3-2-4-8-12)24(13-9-5-6-10-13)19(27)16-14(20)15(17(21)25)23-28-16/h11-13H,2-10,20H2,1H3,(H2,21,25)(H,22,26). The number of carbonyl (C=O) groups excluding carboxylic acids is 3. The van der Waals surface area contributed by atoms with E-state index in [9.17, 15) is 14.4 Å². The highest BCUT2D eigenvalue weighted by Gasteiger charge is 2.37. The molecule has 1 heterocycles. The van der Waals surface area contributed by atoms with Gasteiger partial charge in [0.1, 0.15) is 10.9 Å². The zero-order valence-corrected chi connectivity index (χ0v) is 17.1. The molecule has 0 radical (unpaired) electrons. The van der Waals surface area contributed by atoms with E-state index in [0.29, 0.717) is 0 Å². The summed E-state index contributed by atoms with van der Waals surface area (Å²) in [5, 5.41) is 3.12. The molecule has 2 saturated carbocycles. The van der Waals surface area contributed by atoms with Crippen LogP contribution in [0.5, 0.6) is 0 Å². The molecule has 0 spiro atoms. The lowest BCUT2D eigenvalue weighted by molar-refractivity contribution is -0.126. The van der Waals surface area contributed by atoms with Gasteiger partial charge in [0.2, 0.25) is 5.91 Å². The van der Waals surface area contributed by atoms with Crippen molar-refractivity contribution < 1.29 is 14.4 Å². The van der Waals surface area contributed by atoms with Crippen molar-refractivity contribution in [2.75, 3.05) is 5.73 Å². The molecule has 1 aromatic rings. The second kappa shape index (κ2) is 8.89. The maximum Gasteiger partial charge on any atom is 0.270 e. The van der Waals surface area contributed by atoms with E-state index in [0.717, 1.165) is 62.9 Å². The summed E-state index contributed by atoms with van der Waals surface area (Å²) < 4.78 is 3.94. The van der Waals surface area contributed by atoms with Gasteiger partial charge in [-0.1, -0.05) is 32.1 Å². The fourth-order valence-corrected chi connectivity index (χ4v) is 5.03. The third kappa shape index (κ3) is 4.29. The van der Waals surface area contributed by atoms with Gasteiger partial charge in [-0.3, -0.25) is 14.4 Å². The van der Waals surface area contributed by atoms with Crippen LogP contribution in [0.2, 0.25) is 0 Å². The van der Waals surface area contributed by atoms with E-state index >= 15 is 0 Å². The Morgan fingerprint density at radius 1 is 1.11 bits per heavy atom. The number of aromatic nitrogens is 1. The van der Waals surface area contributed by atoms with Crippen LogP contribution in [0.4, 0.5) is 5.69 Å². The number of nitrogen functional groups attached to an aromatic ring is 1. The van der Waals surface area contributed by atoms with Crippen molar-refractivity contribution in [2.45, 2.75) is 82.8 Å². The SMILES string of the molecule is CC(C(=O)NC1CCCCC1)N(C(=O)c1snc(C(N)=O)c1N)C1CCCC1. The molecule has 1 atom stereocenters. The third-order valence-corrected chi connectivity index (χ3v) is 6.71. The largest absolute Gasteiger partial charge is 0.395 e. The van der Waals surface area contributed by atoms with Gasteiger partial charge in [0.15, 0.2) is 5.69 Å². The highest BCUT2D eigenvalue weighted by Crippen LogP contribution is 2.30. The van der Waals surface area contributed by atoms with Crippen LogP contribution >= 0.6 is 11.5 Å². The molecule has 3 amide bonds. The zero-order chi connectivity index (χ0) is 20.3. The number of hydrogen-bond donors (Lipinski definition) is 3. The number of nitrogens with one attached hydrogen (secondary N) is 1. The smallest absolute Gasteiger partial charge is 0.270 e. The molecular weight excluding hydrogens is 378 g/mol. The van der Waals surface area contributed by atoms with Crippen LogP contribution < -0.4 is 16.8 Å². The average molecular weight is 408 g/mol. The quantitative estimate of drug-likeness (QED) is 0.664. The fourth-order valence-electron chi connectivity index (χ4n) is 4.28. The number of hydrogen-bond acceptors (Lipinski definition) is 6. The maximum absolute atomic E-state index is 13.3. The molecule has 0 saturated heterocycles. The van der Waals surface area contributed by atoms with Gasteiger partial charge in [-0.05, 0) is 44.1 Å². The van der Waals surface area contributed by atoms with Crippen LogP contribution in [0.1, 0.15) is 84.9 Å². The maximum atomic E-state index is 13.3. The molecule has 1 aromatic heterocycles. The number of nitrogens with zero attached hydrogens (tertiary/aromatic N) is 2. The summed E-state index contributed by atoms with van der Waals surface area (Å²) in [5.74, 6) is -1.24. The van der Waals surface area contributed by atoms with Crippen LogP contribution in [-0.2, 0) is 4.79 Å². The third-order valence-electron chi connectivity index (χ3n) is 5.86. The summed E-state index contributed by atoms with van der Waals surface area (Å²) in [6.45, 7) is 1.76. The number of primary amides is 1. The van der Waals surface area contributed by atoms with E-state index < -0.39 is 11.9 Å². The molecule has 1 unspecified atom stereocenters. The first-order chi connectivity index (χ1) is 13.4. The van der Waals surface area contributed by atoms with Crippen LogP contribution in [0.15, 0.2) is 0 Å². The predicted molar refractivity (Wildman–Crippen MR) is 108 cm³/mol. The molecule has 2 fully saturated rings. The molecule has 154 valence electrons. The van der Waals surface area contributed by atoms with Crippen molar-refractivity contribution in [2.24, 2.45) is 5.73 Å². The lowest BCUT2D eigenvalue weighted by Crippen LogP contribution is -2.53. The molecule has 2 aliphatic carbocycles. The summed E-state index contributed by atoms with van der Waals surface area (Å²) >= 11 is 0.866. The molecule has 0 aromatic carbocycles. The Kier molecular flexibility index (Phi) is 6.53. The second-order valence-corrected chi connectivity index (χ2v) is 8.58. The lowest BCUT2D eigenvalue weighted by atomic mass is 9.95. The van der Waals surface area contributed by atoms with E-state index in [1.807, 2.05) is 0 Å². The van der Waals surface area contributed by atoms with Crippen LogP contribution in [0.25, 0.3) is 0 Å². The topological polar surface area (TPSA) is 131 Å². The zero-order valence-electron chi connectivity index (χ0n) is 16.3. The normalized spacial score (nSPS) is 19.3. The fraction of sp³-hybridized carbons (Fsp3) is 0.684. The van der Waals surface area contributed by atoms with Gasteiger partial charge in [-0.25, -0.2) is 0 Å². The van der Waals surface area contributed by atoms with Gasteiger partial charge in [0.05, 0.1) is 5.69 Å². The first kappa shape index (κ1) is 20.6. The first-order valence-corrected chi connectivity index (χ1v) is 10.9. The van der Waals surface area contributed by atoms with E-state index in [-0.39, 0.29) is 40.2 Å². The highest BCUT2D eigenvalue weighted by atomic mass is 32.1. The van der Waals surface area contributed by atoms with Crippen molar-refractivity contribution in [1.82, 2.24) is 14.6 Å². The minimum Gasteiger partial charge on any atom is -0.395 e. The van der Waals surface area contributed by atoms with Crippen LogP contribution in [0, 0.1) is 0 Å². The monoisotopic (exact) mass is 407 g/mol. The second-order valence-electron chi connectivity index (χ2n) is 7.81. The predicted octanol–water partition coefficient (Wildman–Crippen LogP) is 2.05. The number of nitrogens with two attached hydrogens (primary N) is 2. The average Bonchev–Trinajstić information content (AvgIpc) is 3.32. The van der Waals surface area contributed by atoms with Gasteiger partial charge >= 0.3 is 0 Å². The number of carbonyl (C=O) groups is 3. The summed E-state index contributed by atoms with van der Waals surface area (Å²) in [4.78, 5) is 39.5. The lowest BCUT2D eigenvalue weighted by Gasteiger charge is -2.35. The number of rotatable bonds is 6. The molecule has 2 aliphatic rings. The molecular formula is C19H29N5O3S. The summed E-state index contributed by atoms with van der Waals surface area (Å²) in [6, 6.07) is -0.451. The van der Waals surface area contributed by atoms with Crippen LogP contribution in [0.3, 0.4) is 0 Å². The van der Waals surface area contributed by atoms with Gasteiger partial charge in [0.25, 0.3) is 11.8 Å². The Morgan fingerprint density at radius 3 is 2.29 bits per heavy atom. The van der Waals surface area contributed by atoms with Crippen molar-refractivity contribution >= 4 is 34.9 Å². The van der Waals surface area contributed by atoms with E-state index in [2.05, 4.69) is 9.69 Å². The number of amides is 3. The Labute approximate surface area is 169 Å². The Balaban J connectivity index is 1.81. The van der Waals surface area contributed by atoms with E-state index in [1.54, 1.807) is 11.8 Å². The van der Waals surface area contributed by atoms with Crippen molar-refractivity contribution in [3.63, 3.8) is 0 Å². The molecule has 0 aliphatic heterocycles. The minimum absolute atomic E-state index is 0.00499. The van der Waals surface area contributed by atoms with Crippen molar-refractivity contribution in [1.29, 1.82) is 0 Å². The Bertz CT molecular complexity index is 738. The molecule has 28 heavy (non-hydrogen) atoms. The molecule has 3 rings (SSSR count). The van der Waals surface area contributed by atoms with Crippen molar-refractivity contribution in [3.05, 3.63) is 10.6 Å². The van der Waals surface area contributed by atoms with E-state index in [1.165, 1.54) is 6.42 Å². The number of anilines is 1.